The van der Waals surface area contributed by atoms with Gasteiger partial charge in [0.2, 0.25) is 0 Å². The van der Waals surface area contributed by atoms with Crippen LogP contribution in [0.3, 0.4) is 0 Å². The maximum Gasteiger partial charge on any atom is 0.271 e. The van der Waals surface area contributed by atoms with Gasteiger partial charge >= 0.3 is 0 Å². The Labute approximate surface area is 112 Å². The van der Waals surface area contributed by atoms with E-state index in [1.807, 2.05) is 0 Å². The van der Waals surface area contributed by atoms with Crippen LogP contribution in [-0.4, -0.2) is 42.2 Å². The number of anilines is 1. The minimum absolute atomic E-state index is 0.00972. The van der Waals surface area contributed by atoms with E-state index in [0.29, 0.717) is 30.0 Å². The van der Waals surface area contributed by atoms with Crippen LogP contribution in [0.1, 0.15) is 22.6 Å². The Balaban J connectivity index is 1.99. The molecule has 1 fully saturated rings. The molecule has 1 unspecified atom stereocenters. The molecule has 0 saturated carbocycles. The van der Waals surface area contributed by atoms with Crippen molar-refractivity contribution in [2.45, 2.75) is 13.3 Å². The number of sulfone groups is 1. The fourth-order valence-corrected chi connectivity index (χ4v) is 4.16. The van der Waals surface area contributed by atoms with Gasteiger partial charge < -0.3 is 11.1 Å². The highest BCUT2D eigenvalue weighted by atomic mass is 32.2. The van der Waals surface area contributed by atoms with E-state index in [9.17, 15) is 13.2 Å². The van der Waals surface area contributed by atoms with Gasteiger partial charge in [0.15, 0.2) is 9.84 Å². The first-order valence-corrected chi connectivity index (χ1v) is 7.90. The number of nitrogen functional groups attached to an aromatic ring is 1. The van der Waals surface area contributed by atoms with Crippen LogP contribution in [0.25, 0.3) is 0 Å². The number of carbonyl (C=O) groups excluding carboxylic acids is 1. The number of aryl methyl sites for hydroxylation is 2. The summed E-state index contributed by atoms with van der Waals surface area (Å²) in [6.45, 7) is 2.08. The molecule has 1 atom stereocenters. The van der Waals surface area contributed by atoms with Gasteiger partial charge in [-0.05, 0) is 19.3 Å². The summed E-state index contributed by atoms with van der Waals surface area (Å²) in [6, 6.07) is 0. The third-order valence-electron chi connectivity index (χ3n) is 3.36. The van der Waals surface area contributed by atoms with E-state index >= 15 is 0 Å². The predicted octanol–water partition coefficient (Wildman–Crippen LogP) is -0.525. The second-order valence-electron chi connectivity index (χ2n) is 4.95. The molecular weight excluding hydrogens is 268 g/mol. The van der Waals surface area contributed by atoms with Crippen LogP contribution in [0.5, 0.6) is 0 Å². The number of aromatic nitrogens is 2. The number of carbonyl (C=O) groups is 1. The van der Waals surface area contributed by atoms with Crippen LogP contribution in [0, 0.1) is 12.8 Å². The molecule has 2 rings (SSSR count). The van der Waals surface area contributed by atoms with Gasteiger partial charge in [0.05, 0.1) is 22.9 Å². The molecule has 1 amide bonds. The molecule has 3 N–H and O–H groups in total. The van der Waals surface area contributed by atoms with E-state index in [0.717, 1.165) is 0 Å². The van der Waals surface area contributed by atoms with Gasteiger partial charge in [0.25, 0.3) is 5.91 Å². The van der Waals surface area contributed by atoms with Crippen LogP contribution >= 0.6 is 0 Å². The van der Waals surface area contributed by atoms with E-state index in [1.165, 1.54) is 4.68 Å². The Morgan fingerprint density at radius 2 is 2.26 bits per heavy atom. The van der Waals surface area contributed by atoms with Gasteiger partial charge in [0, 0.05) is 13.6 Å². The average Bonchev–Trinajstić information content (AvgIpc) is 2.77. The Morgan fingerprint density at radius 3 is 2.74 bits per heavy atom. The normalized spacial score (nSPS) is 21.5. The smallest absolute Gasteiger partial charge is 0.271 e. The number of nitrogens with zero attached hydrogens (tertiary/aromatic N) is 2. The lowest BCUT2D eigenvalue weighted by molar-refractivity contribution is 0.0940. The summed E-state index contributed by atoms with van der Waals surface area (Å²) in [4.78, 5) is 12.0. The molecule has 19 heavy (non-hydrogen) atoms. The number of hydrogen-bond donors (Lipinski definition) is 2. The zero-order valence-electron chi connectivity index (χ0n) is 11.0. The topological polar surface area (TPSA) is 107 Å². The first kappa shape index (κ1) is 13.9. The van der Waals surface area contributed by atoms with Crippen molar-refractivity contribution in [1.29, 1.82) is 0 Å². The zero-order chi connectivity index (χ0) is 14.2. The van der Waals surface area contributed by atoms with E-state index in [-0.39, 0.29) is 23.3 Å². The standard InChI is InChI=1S/C11H18N4O3S/c1-7-9(12)10(15(2)14-7)11(16)13-5-8-3-4-19(17,18)6-8/h8H,3-6,12H2,1-2H3,(H,13,16). The van der Waals surface area contributed by atoms with E-state index in [2.05, 4.69) is 10.4 Å². The molecule has 0 radical (unpaired) electrons. The van der Waals surface area contributed by atoms with Crippen LogP contribution < -0.4 is 11.1 Å². The van der Waals surface area contributed by atoms with Crippen LogP contribution in [0.15, 0.2) is 0 Å². The Bertz CT molecular complexity index is 606. The Kier molecular flexibility index (Phi) is 3.53. The van der Waals surface area contributed by atoms with Crippen molar-refractivity contribution >= 4 is 21.4 Å². The quantitative estimate of drug-likeness (QED) is 0.777. The predicted molar refractivity (Wildman–Crippen MR) is 71.5 cm³/mol. The van der Waals surface area contributed by atoms with Crippen molar-refractivity contribution in [3.63, 3.8) is 0 Å². The number of amides is 1. The van der Waals surface area contributed by atoms with Gasteiger partial charge in [-0.25, -0.2) is 8.42 Å². The molecule has 0 aromatic carbocycles. The minimum atomic E-state index is -2.91. The lowest BCUT2D eigenvalue weighted by atomic mass is 10.1. The van der Waals surface area contributed by atoms with Gasteiger partial charge in [-0.3, -0.25) is 9.48 Å². The van der Waals surface area contributed by atoms with Gasteiger partial charge in [-0.1, -0.05) is 0 Å². The Hall–Kier alpha value is -1.57. The molecule has 1 aliphatic heterocycles. The third kappa shape index (κ3) is 2.89. The highest BCUT2D eigenvalue weighted by Crippen LogP contribution is 2.18. The Morgan fingerprint density at radius 1 is 1.58 bits per heavy atom. The average molecular weight is 286 g/mol. The van der Waals surface area contributed by atoms with Crippen LogP contribution in [0.4, 0.5) is 5.69 Å². The summed E-state index contributed by atoms with van der Waals surface area (Å²) in [5.74, 6) is 0.0302. The molecule has 1 aliphatic rings. The monoisotopic (exact) mass is 286 g/mol. The van der Waals surface area contributed by atoms with Crippen molar-refractivity contribution < 1.29 is 13.2 Å². The minimum Gasteiger partial charge on any atom is -0.395 e. The van der Waals surface area contributed by atoms with Gasteiger partial charge in [-0.2, -0.15) is 5.10 Å². The summed E-state index contributed by atoms with van der Waals surface area (Å²) in [5.41, 5.74) is 7.08. The lowest BCUT2D eigenvalue weighted by Crippen LogP contribution is -2.31. The number of nitrogens with one attached hydrogen (secondary N) is 1. The summed E-state index contributed by atoms with van der Waals surface area (Å²) < 4.78 is 24.1. The van der Waals surface area contributed by atoms with Gasteiger partial charge in [0.1, 0.15) is 5.69 Å². The second-order valence-corrected chi connectivity index (χ2v) is 7.18. The molecule has 0 aliphatic carbocycles. The van der Waals surface area contributed by atoms with Crippen molar-refractivity contribution in [3.8, 4) is 0 Å². The highest BCUT2D eigenvalue weighted by Gasteiger charge is 2.28. The largest absolute Gasteiger partial charge is 0.395 e. The molecule has 0 bridgehead atoms. The van der Waals surface area contributed by atoms with Crippen LogP contribution in [-0.2, 0) is 16.9 Å². The van der Waals surface area contributed by atoms with Gasteiger partial charge in [-0.15, -0.1) is 0 Å². The molecule has 0 spiro atoms. The second kappa shape index (κ2) is 4.84. The van der Waals surface area contributed by atoms with Crippen molar-refractivity contribution in [2.75, 3.05) is 23.8 Å². The first-order valence-electron chi connectivity index (χ1n) is 6.08. The summed E-state index contributed by atoms with van der Waals surface area (Å²) in [6.07, 6.45) is 0.600. The molecular formula is C11H18N4O3S. The molecule has 1 aromatic heterocycles. The van der Waals surface area contributed by atoms with E-state index < -0.39 is 9.84 Å². The van der Waals surface area contributed by atoms with E-state index in [1.54, 1.807) is 14.0 Å². The van der Waals surface area contributed by atoms with Crippen molar-refractivity contribution in [3.05, 3.63) is 11.4 Å². The fourth-order valence-electron chi connectivity index (χ4n) is 2.30. The first-order chi connectivity index (χ1) is 8.80. The number of hydrogen-bond acceptors (Lipinski definition) is 5. The molecule has 1 saturated heterocycles. The van der Waals surface area contributed by atoms with Crippen molar-refractivity contribution in [2.24, 2.45) is 13.0 Å². The van der Waals surface area contributed by atoms with E-state index in [4.69, 9.17) is 5.73 Å². The van der Waals surface area contributed by atoms with Crippen molar-refractivity contribution in [1.82, 2.24) is 15.1 Å². The molecule has 7 nitrogen and oxygen atoms in total. The summed E-state index contributed by atoms with van der Waals surface area (Å²) in [7, 11) is -1.26. The molecule has 1 aromatic rings. The molecule has 8 heteroatoms. The number of rotatable bonds is 3. The summed E-state index contributed by atoms with van der Waals surface area (Å²) in [5, 5.41) is 6.80. The fraction of sp³-hybridized carbons (Fsp3) is 0.636. The lowest BCUT2D eigenvalue weighted by Gasteiger charge is -2.10. The zero-order valence-corrected chi connectivity index (χ0v) is 11.8. The maximum absolute atomic E-state index is 12.0. The molecule has 106 valence electrons. The third-order valence-corrected chi connectivity index (χ3v) is 5.20. The molecule has 2 heterocycles. The van der Waals surface area contributed by atoms with Crippen LogP contribution in [0.2, 0.25) is 0 Å². The highest BCUT2D eigenvalue weighted by molar-refractivity contribution is 7.91. The number of nitrogens with two attached hydrogens (primary N) is 1. The maximum atomic E-state index is 12.0. The summed E-state index contributed by atoms with van der Waals surface area (Å²) >= 11 is 0. The SMILES string of the molecule is Cc1nn(C)c(C(=O)NCC2CCS(=O)(=O)C2)c1N.